The molecular weight excluding hydrogens is 178 g/mol. The number of carbonyl (C=O) groups excluding carboxylic acids is 1. The number of rotatable bonds is 3. The smallest absolute Gasteiger partial charge is 0.323 e. The molecule has 0 aromatic rings. The molecule has 1 atom stereocenters. The van der Waals surface area contributed by atoms with Gasteiger partial charge in [-0.3, -0.25) is 9.69 Å². The van der Waals surface area contributed by atoms with Gasteiger partial charge in [0.05, 0.1) is 7.11 Å². The number of nitrogens with zero attached hydrogens (tertiary/aromatic N) is 1. The van der Waals surface area contributed by atoms with Crippen LogP contribution >= 0.6 is 0 Å². The molecule has 0 aliphatic carbocycles. The Labute approximate surface area is 86.4 Å². The standard InChI is InChI=1S/C11H21NO2/c1-4-10(11(13)14-3)12-7-5-9(2)6-8-12/h9-10H,4-8H2,1-3H3/t10-/m1/s1. The molecule has 3 heteroatoms. The monoisotopic (exact) mass is 199 g/mol. The highest BCUT2D eigenvalue weighted by Gasteiger charge is 2.27. The van der Waals surface area contributed by atoms with E-state index in [-0.39, 0.29) is 12.0 Å². The van der Waals surface area contributed by atoms with Gasteiger partial charge in [0, 0.05) is 0 Å². The molecule has 0 saturated carbocycles. The third-order valence-electron chi connectivity index (χ3n) is 3.12. The summed E-state index contributed by atoms with van der Waals surface area (Å²) in [6.07, 6.45) is 3.25. The van der Waals surface area contributed by atoms with Gasteiger partial charge in [0.15, 0.2) is 0 Å². The Hall–Kier alpha value is -0.570. The maximum Gasteiger partial charge on any atom is 0.323 e. The Kier molecular flexibility index (Phi) is 4.39. The van der Waals surface area contributed by atoms with Crippen LogP contribution < -0.4 is 0 Å². The van der Waals surface area contributed by atoms with Crippen molar-refractivity contribution in [1.29, 1.82) is 0 Å². The molecule has 1 heterocycles. The van der Waals surface area contributed by atoms with Crippen molar-refractivity contribution in [2.24, 2.45) is 5.92 Å². The number of piperidine rings is 1. The lowest BCUT2D eigenvalue weighted by Crippen LogP contribution is -2.45. The Balaban J connectivity index is 2.48. The minimum Gasteiger partial charge on any atom is -0.468 e. The van der Waals surface area contributed by atoms with E-state index in [9.17, 15) is 4.79 Å². The van der Waals surface area contributed by atoms with Gasteiger partial charge in [0.1, 0.15) is 6.04 Å². The van der Waals surface area contributed by atoms with Crippen molar-refractivity contribution in [3.63, 3.8) is 0 Å². The molecule has 1 aliphatic heterocycles. The maximum atomic E-state index is 11.5. The fourth-order valence-electron chi connectivity index (χ4n) is 2.05. The van der Waals surface area contributed by atoms with Crippen LogP contribution in [0.25, 0.3) is 0 Å². The lowest BCUT2D eigenvalue weighted by atomic mass is 9.97. The van der Waals surface area contributed by atoms with Gasteiger partial charge in [-0.05, 0) is 38.3 Å². The van der Waals surface area contributed by atoms with E-state index >= 15 is 0 Å². The van der Waals surface area contributed by atoms with Crippen LogP contribution in [0.15, 0.2) is 0 Å². The van der Waals surface area contributed by atoms with Crippen molar-refractivity contribution in [1.82, 2.24) is 4.90 Å². The summed E-state index contributed by atoms with van der Waals surface area (Å²) in [4.78, 5) is 13.7. The van der Waals surface area contributed by atoms with Gasteiger partial charge in [-0.1, -0.05) is 13.8 Å². The highest BCUT2D eigenvalue weighted by Crippen LogP contribution is 2.19. The first kappa shape index (κ1) is 11.5. The van der Waals surface area contributed by atoms with Gasteiger partial charge in [0.2, 0.25) is 0 Å². The van der Waals surface area contributed by atoms with E-state index in [1.54, 1.807) is 0 Å². The van der Waals surface area contributed by atoms with Crippen LogP contribution in [-0.4, -0.2) is 37.1 Å². The fourth-order valence-corrected chi connectivity index (χ4v) is 2.05. The predicted molar refractivity (Wildman–Crippen MR) is 56.1 cm³/mol. The van der Waals surface area contributed by atoms with Gasteiger partial charge < -0.3 is 4.74 Å². The minimum absolute atomic E-state index is 0.0208. The second-order valence-electron chi connectivity index (χ2n) is 4.17. The molecular formula is C11H21NO2. The molecule has 1 rings (SSSR count). The normalized spacial score (nSPS) is 21.9. The van der Waals surface area contributed by atoms with Crippen LogP contribution in [0.4, 0.5) is 0 Å². The first-order chi connectivity index (χ1) is 6.69. The lowest BCUT2D eigenvalue weighted by molar-refractivity contribution is -0.147. The molecule has 0 N–H and O–H groups in total. The number of methoxy groups -OCH3 is 1. The molecule has 0 spiro atoms. The average molecular weight is 199 g/mol. The van der Waals surface area contributed by atoms with Crippen molar-refractivity contribution >= 4 is 5.97 Å². The number of hydrogen-bond donors (Lipinski definition) is 0. The second-order valence-corrected chi connectivity index (χ2v) is 4.17. The van der Waals surface area contributed by atoms with Gasteiger partial charge in [-0.2, -0.15) is 0 Å². The van der Waals surface area contributed by atoms with Crippen molar-refractivity contribution in [2.45, 2.75) is 39.2 Å². The van der Waals surface area contributed by atoms with E-state index in [0.29, 0.717) is 0 Å². The molecule has 3 nitrogen and oxygen atoms in total. The zero-order chi connectivity index (χ0) is 10.6. The topological polar surface area (TPSA) is 29.5 Å². The Morgan fingerprint density at radius 2 is 2.07 bits per heavy atom. The van der Waals surface area contributed by atoms with Crippen LogP contribution in [0.3, 0.4) is 0 Å². The van der Waals surface area contributed by atoms with Crippen LogP contribution in [0, 0.1) is 5.92 Å². The highest BCUT2D eigenvalue weighted by atomic mass is 16.5. The predicted octanol–water partition coefficient (Wildman–Crippen LogP) is 1.67. The molecule has 1 aliphatic rings. The summed E-state index contributed by atoms with van der Waals surface area (Å²) in [5.74, 6) is 0.725. The summed E-state index contributed by atoms with van der Waals surface area (Å²) in [5.41, 5.74) is 0. The molecule has 0 amide bonds. The molecule has 82 valence electrons. The van der Waals surface area contributed by atoms with Gasteiger partial charge in [-0.25, -0.2) is 0 Å². The molecule has 0 bridgehead atoms. The molecule has 0 aromatic heterocycles. The summed E-state index contributed by atoms with van der Waals surface area (Å²) >= 11 is 0. The minimum atomic E-state index is -0.0814. The summed E-state index contributed by atoms with van der Waals surface area (Å²) in [7, 11) is 1.47. The van der Waals surface area contributed by atoms with Crippen LogP contribution in [0.2, 0.25) is 0 Å². The fraction of sp³-hybridized carbons (Fsp3) is 0.909. The molecule has 14 heavy (non-hydrogen) atoms. The van der Waals surface area contributed by atoms with E-state index < -0.39 is 0 Å². The van der Waals surface area contributed by atoms with Crippen molar-refractivity contribution < 1.29 is 9.53 Å². The number of esters is 1. The molecule has 0 unspecified atom stereocenters. The van der Waals surface area contributed by atoms with E-state index in [1.807, 2.05) is 6.92 Å². The van der Waals surface area contributed by atoms with E-state index in [1.165, 1.54) is 20.0 Å². The Morgan fingerprint density at radius 1 is 1.50 bits per heavy atom. The molecule has 1 saturated heterocycles. The van der Waals surface area contributed by atoms with E-state index in [4.69, 9.17) is 4.74 Å². The van der Waals surface area contributed by atoms with Crippen LogP contribution in [0.5, 0.6) is 0 Å². The van der Waals surface area contributed by atoms with Crippen molar-refractivity contribution in [3.8, 4) is 0 Å². The van der Waals surface area contributed by atoms with E-state index in [2.05, 4.69) is 11.8 Å². The first-order valence-corrected chi connectivity index (χ1v) is 5.51. The van der Waals surface area contributed by atoms with E-state index in [0.717, 1.165) is 25.4 Å². The Bertz CT molecular complexity index is 186. The quantitative estimate of drug-likeness (QED) is 0.648. The summed E-state index contributed by atoms with van der Waals surface area (Å²) in [6, 6.07) is -0.0208. The van der Waals surface area contributed by atoms with Crippen LogP contribution in [0.1, 0.15) is 33.1 Å². The Morgan fingerprint density at radius 3 is 2.50 bits per heavy atom. The number of likely N-dealkylation sites (tertiary alicyclic amines) is 1. The SMILES string of the molecule is CC[C@H](C(=O)OC)N1CCC(C)CC1. The van der Waals surface area contributed by atoms with Gasteiger partial charge in [0.25, 0.3) is 0 Å². The number of ether oxygens (including phenoxy) is 1. The third kappa shape index (κ3) is 2.71. The molecule has 1 fully saturated rings. The largest absolute Gasteiger partial charge is 0.468 e. The number of carbonyl (C=O) groups is 1. The van der Waals surface area contributed by atoms with Crippen molar-refractivity contribution in [3.05, 3.63) is 0 Å². The maximum absolute atomic E-state index is 11.5. The molecule has 0 radical (unpaired) electrons. The van der Waals surface area contributed by atoms with Gasteiger partial charge in [-0.15, -0.1) is 0 Å². The summed E-state index contributed by atoms with van der Waals surface area (Å²) < 4.78 is 4.80. The van der Waals surface area contributed by atoms with Crippen LogP contribution in [-0.2, 0) is 9.53 Å². The lowest BCUT2D eigenvalue weighted by Gasteiger charge is -2.34. The second kappa shape index (κ2) is 5.35. The van der Waals surface area contributed by atoms with Gasteiger partial charge >= 0.3 is 5.97 Å². The number of hydrogen-bond acceptors (Lipinski definition) is 3. The first-order valence-electron chi connectivity index (χ1n) is 5.51. The highest BCUT2D eigenvalue weighted by molar-refractivity contribution is 5.75. The average Bonchev–Trinajstić information content (AvgIpc) is 2.21. The zero-order valence-corrected chi connectivity index (χ0v) is 9.45. The summed E-state index contributed by atoms with van der Waals surface area (Å²) in [5, 5.41) is 0. The third-order valence-corrected chi connectivity index (χ3v) is 3.12. The summed E-state index contributed by atoms with van der Waals surface area (Å²) in [6.45, 7) is 6.39. The van der Waals surface area contributed by atoms with Crippen molar-refractivity contribution in [2.75, 3.05) is 20.2 Å². The molecule has 0 aromatic carbocycles. The zero-order valence-electron chi connectivity index (χ0n) is 9.45.